The Morgan fingerprint density at radius 1 is 1.46 bits per heavy atom. The fourth-order valence-corrected chi connectivity index (χ4v) is 5.72. The van der Waals surface area contributed by atoms with Crippen molar-refractivity contribution >= 4 is 38.9 Å². The summed E-state index contributed by atoms with van der Waals surface area (Å²) in [6.07, 6.45) is 0. The van der Waals surface area contributed by atoms with Gasteiger partial charge in [-0.2, -0.15) is 9.57 Å². The minimum absolute atomic E-state index is 0.00828. The molecule has 144 valence electrons. The van der Waals surface area contributed by atoms with Gasteiger partial charge in [0.05, 0.1) is 36.6 Å². The van der Waals surface area contributed by atoms with E-state index in [1.807, 2.05) is 13.8 Å². The summed E-state index contributed by atoms with van der Waals surface area (Å²) < 4.78 is 27.3. The number of amides is 1. The zero-order chi connectivity index (χ0) is 19.5. The average molecular weight is 420 g/mol. The van der Waals surface area contributed by atoms with E-state index in [2.05, 4.69) is 11.4 Å². The Morgan fingerprint density at radius 2 is 2.08 bits per heavy atom. The van der Waals surface area contributed by atoms with E-state index in [4.69, 9.17) is 11.6 Å². The summed E-state index contributed by atoms with van der Waals surface area (Å²) in [5, 5.41) is 12.1. The Morgan fingerprint density at radius 3 is 2.54 bits per heavy atom. The SMILES string of the molecule is CC(C)[C@](C)(C#N)NC(=O)C[NH+]1CCN(S(=O)(=O)c2ccc(Cl)s2)CC1. The Balaban J connectivity index is 1.91. The van der Waals surface area contributed by atoms with Crippen LogP contribution in [0.15, 0.2) is 16.3 Å². The van der Waals surface area contributed by atoms with Crippen molar-refractivity contribution in [2.24, 2.45) is 5.92 Å². The molecule has 0 aromatic carbocycles. The van der Waals surface area contributed by atoms with Gasteiger partial charge in [-0.25, -0.2) is 8.42 Å². The van der Waals surface area contributed by atoms with Crippen molar-refractivity contribution in [3.63, 3.8) is 0 Å². The highest BCUT2D eigenvalue weighted by Gasteiger charge is 2.34. The number of thiophene rings is 1. The van der Waals surface area contributed by atoms with E-state index in [9.17, 15) is 18.5 Å². The molecule has 2 heterocycles. The van der Waals surface area contributed by atoms with Gasteiger partial charge in [0.25, 0.3) is 15.9 Å². The molecule has 2 rings (SSSR count). The molecule has 0 radical (unpaired) electrons. The number of carbonyl (C=O) groups is 1. The first kappa shape index (κ1) is 21.1. The number of piperazine rings is 1. The number of sulfonamides is 1. The maximum atomic E-state index is 12.6. The van der Waals surface area contributed by atoms with E-state index in [-0.39, 0.29) is 22.6 Å². The van der Waals surface area contributed by atoms with Crippen LogP contribution in [0.25, 0.3) is 0 Å². The van der Waals surface area contributed by atoms with Crippen molar-refractivity contribution in [2.45, 2.75) is 30.5 Å². The quantitative estimate of drug-likeness (QED) is 0.695. The van der Waals surface area contributed by atoms with Gasteiger partial charge in [0.15, 0.2) is 6.54 Å². The minimum Gasteiger partial charge on any atom is -0.333 e. The summed E-state index contributed by atoms with van der Waals surface area (Å²) in [5.74, 6) is -0.204. The second-order valence-corrected chi connectivity index (χ2v) is 10.8. The fourth-order valence-electron chi connectivity index (χ4n) is 2.65. The van der Waals surface area contributed by atoms with Gasteiger partial charge in [-0.05, 0) is 25.0 Å². The van der Waals surface area contributed by atoms with Crippen LogP contribution in [0.3, 0.4) is 0 Å². The molecule has 0 aliphatic carbocycles. The first-order valence-corrected chi connectivity index (χ1v) is 11.0. The second-order valence-electron chi connectivity index (χ2n) is 6.91. The summed E-state index contributed by atoms with van der Waals surface area (Å²) in [7, 11) is -3.53. The van der Waals surface area contributed by atoms with Crippen LogP contribution in [-0.2, 0) is 14.8 Å². The van der Waals surface area contributed by atoms with E-state index < -0.39 is 15.6 Å². The number of hydrogen-bond acceptors (Lipinski definition) is 5. The monoisotopic (exact) mass is 419 g/mol. The van der Waals surface area contributed by atoms with Gasteiger partial charge >= 0.3 is 0 Å². The molecule has 0 bridgehead atoms. The molecule has 1 atom stereocenters. The van der Waals surface area contributed by atoms with Crippen LogP contribution in [0, 0.1) is 17.2 Å². The average Bonchev–Trinajstić information content (AvgIpc) is 3.02. The molecule has 1 saturated heterocycles. The van der Waals surface area contributed by atoms with Crippen LogP contribution in [-0.4, -0.2) is 56.9 Å². The standard InChI is InChI=1S/C16H23ClN4O3S2/c1-12(2)16(3,11-18)19-14(22)10-20-6-8-21(9-7-20)26(23,24)15-5-4-13(17)25-15/h4-5,12H,6-10H2,1-3H3,(H,19,22)/p+1/t16-/m0/s1. The van der Waals surface area contributed by atoms with E-state index in [1.54, 1.807) is 13.0 Å². The molecule has 0 spiro atoms. The van der Waals surface area contributed by atoms with Gasteiger partial charge in [-0.15, -0.1) is 11.3 Å². The number of nitrogens with one attached hydrogen (secondary N) is 2. The fraction of sp³-hybridized carbons (Fsp3) is 0.625. The van der Waals surface area contributed by atoms with Gasteiger partial charge in [0.2, 0.25) is 0 Å². The molecule has 1 aromatic heterocycles. The van der Waals surface area contributed by atoms with Gasteiger partial charge in [0, 0.05) is 0 Å². The number of hydrogen-bond donors (Lipinski definition) is 2. The summed E-state index contributed by atoms with van der Waals surface area (Å²) in [6, 6.07) is 5.25. The number of nitrogens with zero attached hydrogens (tertiary/aromatic N) is 2. The molecule has 1 amide bonds. The highest BCUT2D eigenvalue weighted by atomic mass is 35.5. The largest absolute Gasteiger partial charge is 0.333 e. The lowest BCUT2D eigenvalue weighted by molar-refractivity contribution is -0.895. The zero-order valence-electron chi connectivity index (χ0n) is 15.1. The van der Waals surface area contributed by atoms with Gasteiger partial charge in [0.1, 0.15) is 9.75 Å². The summed E-state index contributed by atoms with van der Waals surface area (Å²) in [4.78, 5) is 13.3. The van der Waals surface area contributed by atoms with Crippen molar-refractivity contribution in [1.82, 2.24) is 9.62 Å². The lowest BCUT2D eigenvalue weighted by atomic mass is 9.90. The van der Waals surface area contributed by atoms with Crippen molar-refractivity contribution in [2.75, 3.05) is 32.7 Å². The van der Waals surface area contributed by atoms with E-state index >= 15 is 0 Å². The third kappa shape index (κ3) is 4.75. The molecule has 1 fully saturated rings. The molecular weight excluding hydrogens is 396 g/mol. The van der Waals surface area contributed by atoms with Crippen LogP contribution in [0.2, 0.25) is 4.34 Å². The highest BCUT2D eigenvalue weighted by molar-refractivity contribution is 7.91. The Labute approximate surface area is 163 Å². The predicted molar refractivity (Wildman–Crippen MR) is 101 cm³/mol. The summed E-state index contributed by atoms with van der Waals surface area (Å²) >= 11 is 6.88. The molecule has 26 heavy (non-hydrogen) atoms. The van der Waals surface area contributed by atoms with Crippen molar-refractivity contribution in [3.05, 3.63) is 16.5 Å². The van der Waals surface area contributed by atoms with E-state index in [0.29, 0.717) is 30.5 Å². The minimum atomic E-state index is -3.53. The highest BCUT2D eigenvalue weighted by Crippen LogP contribution is 2.28. The third-order valence-electron chi connectivity index (χ3n) is 4.77. The van der Waals surface area contributed by atoms with Crippen LogP contribution in [0.4, 0.5) is 0 Å². The summed E-state index contributed by atoms with van der Waals surface area (Å²) in [5.41, 5.74) is -0.903. The molecule has 0 unspecified atom stereocenters. The summed E-state index contributed by atoms with van der Waals surface area (Å²) in [6.45, 7) is 7.48. The zero-order valence-corrected chi connectivity index (χ0v) is 17.5. The van der Waals surface area contributed by atoms with Crippen molar-refractivity contribution in [3.8, 4) is 6.07 Å². The molecule has 1 aliphatic heterocycles. The predicted octanol–water partition coefficient (Wildman–Crippen LogP) is 0.345. The van der Waals surface area contributed by atoms with Crippen LogP contribution in [0.5, 0.6) is 0 Å². The lowest BCUT2D eigenvalue weighted by Crippen LogP contribution is -3.16. The molecule has 1 aromatic rings. The number of halogens is 1. The van der Waals surface area contributed by atoms with Crippen LogP contribution < -0.4 is 10.2 Å². The molecule has 1 aliphatic rings. The van der Waals surface area contributed by atoms with Gasteiger partial charge in [-0.1, -0.05) is 25.4 Å². The van der Waals surface area contributed by atoms with E-state index in [1.165, 1.54) is 10.4 Å². The van der Waals surface area contributed by atoms with Gasteiger partial charge < -0.3 is 10.2 Å². The van der Waals surface area contributed by atoms with Gasteiger partial charge in [-0.3, -0.25) is 4.79 Å². The first-order chi connectivity index (χ1) is 12.1. The molecule has 7 nitrogen and oxygen atoms in total. The first-order valence-electron chi connectivity index (χ1n) is 8.40. The Hall–Kier alpha value is -1.18. The second kappa shape index (κ2) is 8.23. The number of rotatable bonds is 6. The normalized spacial score (nSPS) is 19.1. The third-order valence-corrected chi connectivity index (χ3v) is 8.37. The Kier molecular flexibility index (Phi) is 6.69. The molecule has 0 saturated carbocycles. The van der Waals surface area contributed by atoms with Crippen molar-refractivity contribution in [1.29, 1.82) is 5.26 Å². The number of carbonyl (C=O) groups excluding carboxylic acids is 1. The molecular formula is C16H24ClN4O3S2+. The van der Waals surface area contributed by atoms with Crippen LogP contribution in [0.1, 0.15) is 20.8 Å². The number of nitriles is 1. The van der Waals surface area contributed by atoms with Crippen LogP contribution >= 0.6 is 22.9 Å². The lowest BCUT2D eigenvalue weighted by Gasteiger charge is -2.32. The topological polar surface area (TPSA) is 94.7 Å². The maximum absolute atomic E-state index is 12.6. The van der Waals surface area contributed by atoms with E-state index in [0.717, 1.165) is 16.2 Å². The Bertz CT molecular complexity index is 795. The molecule has 2 N–H and O–H groups in total. The molecule has 10 heteroatoms. The maximum Gasteiger partial charge on any atom is 0.276 e. The number of quaternary nitrogens is 1. The van der Waals surface area contributed by atoms with Crippen molar-refractivity contribution < 1.29 is 18.1 Å². The smallest absolute Gasteiger partial charge is 0.276 e.